The second kappa shape index (κ2) is 2.42. The Kier molecular flexibility index (Phi) is 3.92. The van der Waals surface area contributed by atoms with Crippen molar-refractivity contribution in [3.8, 4) is 0 Å². The van der Waals surface area contributed by atoms with Crippen molar-refractivity contribution in [2.24, 2.45) is 0 Å². The maximum absolute atomic E-state index is 10.0. The van der Waals surface area contributed by atoms with Gasteiger partial charge in [-0.05, 0) is 0 Å². The van der Waals surface area contributed by atoms with E-state index in [1.54, 1.807) is 0 Å². The Morgan fingerprint density at radius 2 is 1.29 bits per heavy atom. The van der Waals surface area contributed by atoms with Gasteiger partial charge in [-0.25, -0.2) is 0 Å². The van der Waals surface area contributed by atoms with Crippen LogP contribution in [0.2, 0.25) is 0 Å². The molecule has 0 spiro atoms. The summed E-state index contributed by atoms with van der Waals surface area (Å²) < 4.78 is 46.6. The second-order valence-corrected chi connectivity index (χ2v) is 1.86. The van der Waals surface area contributed by atoms with Gasteiger partial charge in [0.25, 0.3) is 0 Å². The van der Waals surface area contributed by atoms with Crippen molar-refractivity contribution in [1.82, 2.24) is 0 Å². The largest absolute Gasteiger partial charge is 1.00 e. The van der Waals surface area contributed by atoms with Crippen LogP contribution in [0, 0.1) is 0 Å². The molecule has 40 valence electrons. The van der Waals surface area contributed by atoms with Crippen molar-refractivity contribution in [3.05, 3.63) is 0 Å². The normalized spacial score (nSPS) is 16.3. The van der Waals surface area contributed by atoms with E-state index in [2.05, 4.69) is 0 Å². The second-order valence-electron chi connectivity index (χ2n) is 0.621. The van der Waals surface area contributed by atoms with E-state index < -0.39 is 10.5 Å². The zero-order chi connectivity index (χ0) is 5.45. The van der Waals surface area contributed by atoms with Gasteiger partial charge < -0.3 is 4.55 Å². The van der Waals surface area contributed by atoms with Crippen molar-refractivity contribution in [3.63, 3.8) is 0 Å². The predicted octanol–water partition coefficient (Wildman–Crippen LogP) is -2.41. The van der Waals surface area contributed by atoms with Gasteiger partial charge in [0.2, 0.25) is 0 Å². The van der Waals surface area contributed by atoms with Gasteiger partial charge in [-0.3, -0.25) is 0 Å². The average Bonchev–Trinajstić information content (AvgIpc) is 0.650. The molecule has 0 rings (SSSR count). The molecule has 0 N–H and O–H groups in total. The van der Waals surface area contributed by atoms with Crippen LogP contribution in [0.5, 0.6) is 0 Å². The van der Waals surface area contributed by atoms with E-state index in [0.717, 1.165) is 0 Å². The molecule has 7 heteroatoms. The standard InChI is InChI=1S/F3HO2S.K/c1-6(2,3,4)5;/h(H,4,5);/q;+1/p-1. The summed E-state index contributed by atoms with van der Waals surface area (Å²) in [6.45, 7) is 0. The summed E-state index contributed by atoms with van der Waals surface area (Å²) >= 11 is 0. The van der Waals surface area contributed by atoms with Crippen molar-refractivity contribution >= 4 is 10.5 Å². The molecular formula is F3KO2S. The minimum absolute atomic E-state index is 0. The molecule has 0 aromatic heterocycles. The number of halogens is 3. The molecule has 0 heterocycles. The van der Waals surface area contributed by atoms with Crippen LogP contribution in [0.15, 0.2) is 0 Å². The van der Waals surface area contributed by atoms with E-state index in [1.165, 1.54) is 0 Å². The molecule has 0 radical (unpaired) electrons. The first-order chi connectivity index (χ1) is 2.24. The van der Waals surface area contributed by atoms with Crippen LogP contribution in [-0.4, -0.2) is 8.76 Å². The van der Waals surface area contributed by atoms with Crippen LogP contribution in [0.4, 0.5) is 11.7 Å². The molecule has 0 aromatic carbocycles. The molecule has 0 unspecified atom stereocenters. The molecule has 2 nitrogen and oxygen atoms in total. The van der Waals surface area contributed by atoms with Crippen molar-refractivity contribution < 1.29 is 71.8 Å². The molecule has 0 saturated heterocycles. The molecule has 0 aromatic rings. The van der Waals surface area contributed by atoms with Gasteiger partial charge in [0.15, 0.2) is 0 Å². The summed E-state index contributed by atoms with van der Waals surface area (Å²) in [6.07, 6.45) is 0. The average molecular weight is 160 g/mol. The summed E-state index contributed by atoms with van der Waals surface area (Å²) in [6, 6.07) is 0. The zero-order valence-corrected chi connectivity index (χ0v) is 7.30. The van der Waals surface area contributed by atoms with E-state index in [0.29, 0.717) is 0 Å². The molecule has 0 fully saturated rings. The smallest absolute Gasteiger partial charge is 0.694 e. The Balaban J connectivity index is 0. The molecule has 7 heavy (non-hydrogen) atoms. The first-order valence-corrected chi connectivity index (χ1v) is 2.39. The Bertz CT molecular complexity index is 90.6. The fourth-order valence-electron chi connectivity index (χ4n) is 0. The summed E-state index contributed by atoms with van der Waals surface area (Å²) in [4.78, 5) is 0. The molecular weight excluding hydrogens is 160 g/mol. The van der Waals surface area contributed by atoms with Gasteiger partial charge in [-0.2, -0.15) is 4.21 Å². The summed E-state index contributed by atoms with van der Waals surface area (Å²) in [5, 5.41) is 0. The topological polar surface area (TPSA) is 40.1 Å². The van der Waals surface area contributed by atoms with E-state index in [9.17, 15) is 11.7 Å². The maximum atomic E-state index is 10.0. The molecule has 0 aliphatic rings. The van der Waals surface area contributed by atoms with Crippen LogP contribution >= 0.6 is 0 Å². The van der Waals surface area contributed by atoms with E-state index >= 15 is 0 Å². The molecule has 0 saturated carbocycles. The van der Waals surface area contributed by atoms with Gasteiger partial charge in [0.1, 0.15) is 0 Å². The Morgan fingerprint density at radius 3 is 1.29 bits per heavy atom. The first-order valence-electron chi connectivity index (χ1n) is 0.796. The third kappa shape index (κ3) is 97.9. The molecule has 0 atom stereocenters. The summed E-state index contributed by atoms with van der Waals surface area (Å²) in [5.74, 6) is 0. The Hall–Kier alpha value is 1.54. The van der Waals surface area contributed by atoms with E-state index in [4.69, 9.17) is 8.76 Å². The summed E-state index contributed by atoms with van der Waals surface area (Å²) in [5.41, 5.74) is 0. The van der Waals surface area contributed by atoms with Gasteiger partial charge >= 0.3 is 51.4 Å². The third-order valence-corrected chi connectivity index (χ3v) is 0. The van der Waals surface area contributed by atoms with Crippen molar-refractivity contribution in [2.75, 3.05) is 0 Å². The van der Waals surface area contributed by atoms with Crippen LogP contribution in [-0.2, 0) is 10.5 Å². The van der Waals surface area contributed by atoms with E-state index in [1.807, 2.05) is 0 Å². The minimum Gasteiger partial charge on any atom is -0.694 e. The third-order valence-electron chi connectivity index (χ3n) is 0. The zero-order valence-electron chi connectivity index (χ0n) is 3.36. The fourth-order valence-corrected chi connectivity index (χ4v) is 0. The monoisotopic (exact) mass is 160 g/mol. The predicted molar refractivity (Wildman–Crippen MR) is 12.2 cm³/mol. The maximum Gasteiger partial charge on any atom is 1.00 e. The Morgan fingerprint density at radius 1 is 1.29 bits per heavy atom. The van der Waals surface area contributed by atoms with Crippen LogP contribution in [0.3, 0.4) is 0 Å². The quantitative estimate of drug-likeness (QED) is 0.292. The first kappa shape index (κ1) is 11.3. The molecule has 0 aliphatic carbocycles. The molecule has 0 amide bonds. The van der Waals surface area contributed by atoms with Crippen LogP contribution in [0.1, 0.15) is 0 Å². The fraction of sp³-hybridized carbons (Fsp3) is 0. The minimum atomic E-state index is -7.85. The number of hydrogen-bond donors (Lipinski definition) is 0. The molecule has 0 bridgehead atoms. The van der Waals surface area contributed by atoms with Gasteiger partial charge in [-0.15, -0.1) is 0 Å². The molecule has 0 aliphatic heterocycles. The van der Waals surface area contributed by atoms with Gasteiger partial charge in [0, 0.05) is 0 Å². The summed E-state index contributed by atoms with van der Waals surface area (Å²) in [7, 11) is -7.85. The van der Waals surface area contributed by atoms with E-state index in [-0.39, 0.29) is 51.4 Å². The SMILES string of the molecule is O=S([O-])(F)(F)F.[K+]. The Labute approximate surface area is 81.0 Å². The van der Waals surface area contributed by atoms with Gasteiger partial charge in [0.05, 0.1) is 10.5 Å². The number of rotatable bonds is 0. The van der Waals surface area contributed by atoms with Crippen LogP contribution < -0.4 is 51.4 Å². The van der Waals surface area contributed by atoms with Gasteiger partial charge in [-0.1, -0.05) is 11.7 Å². The van der Waals surface area contributed by atoms with Crippen molar-refractivity contribution in [2.45, 2.75) is 0 Å². The number of hydrogen-bond acceptors (Lipinski definition) is 2. The van der Waals surface area contributed by atoms with Crippen LogP contribution in [0.25, 0.3) is 0 Å². The van der Waals surface area contributed by atoms with Crippen molar-refractivity contribution in [1.29, 1.82) is 0 Å².